The highest BCUT2D eigenvalue weighted by atomic mass is 16.5. The minimum atomic E-state index is 0.0708. The number of aromatic nitrogens is 1. The molecular formula is C35H38N4O. The molecule has 0 saturated heterocycles. The van der Waals surface area contributed by atoms with Gasteiger partial charge < -0.3 is 15.6 Å². The van der Waals surface area contributed by atoms with E-state index in [1.807, 2.05) is 26.0 Å². The molecule has 0 unspecified atom stereocenters. The van der Waals surface area contributed by atoms with E-state index in [1.54, 1.807) is 0 Å². The summed E-state index contributed by atoms with van der Waals surface area (Å²) >= 11 is 0. The van der Waals surface area contributed by atoms with Gasteiger partial charge in [0, 0.05) is 28.4 Å². The van der Waals surface area contributed by atoms with Crippen LogP contribution in [0.25, 0.3) is 11.1 Å². The molecule has 40 heavy (non-hydrogen) atoms. The number of aryl methyl sites for hydroxylation is 2. The van der Waals surface area contributed by atoms with E-state index in [2.05, 4.69) is 72.0 Å². The first kappa shape index (κ1) is 26.3. The van der Waals surface area contributed by atoms with Crippen LogP contribution in [-0.2, 0) is 11.8 Å². The highest BCUT2D eigenvalue weighted by Gasteiger charge is 2.45. The van der Waals surface area contributed by atoms with Crippen LogP contribution in [0.1, 0.15) is 77.8 Å². The van der Waals surface area contributed by atoms with Crippen LogP contribution in [0.4, 0.5) is 11.4 Å². The summed E-state index contributed by atoms with van der Waals surface area (Å²) in [6.45, 7) is 6.24. The molecule has 0 radical (unpaired) electrons. The average Bonchev–Trinajstić information content (AvgIpc) is 3.71. The number of nitrogens with two attached hydrogens (primary N) is 1. The summed E-state index contributed by atoms with van der Waals surface area (Å²) in [4.78, 5) is 0. The molecule has 4 aromatic rings. The Kier molecular flexibility index (Phi) is 6.98. The molecule has 0 atom stereocenters. The van der Waals surface area contributed by atoms with Gasteiger partial charge in [0.2, 0.25) is 0 Å². The fourth-order valence-corrected chi connectivity index (χ4v) is 6.62. The maximum absolute atomic E-state index is 9.17. The van der Waals surface area contributed by atoms with Crippen molar-refractivity contribution in [2.45, 2.75) is 77.2 Å². The van der Waals surface area contributed by atoms with Crippen LogP contribution in [0.5, 0.6) is 0 Å². The molecule has 0 spiro atoms. The van der Waals surface area contributed by atoms with Crippen molar-refractivity contribution in [1.29, 1.82) is 5.26 Å². The predicted molar refractivity (Wildman–Crippen MR) is 161 cm³/mol. The van der Waals surface area contributed by atoms with Crippen LogP contribution in [0.3, 0.4) is 0 Å². The zero-order valence-electron chi connectivity index (χ0n) is 23.8. The number of hydrogen-bond acceptors (Lipinski definition) is 5. The standard InChI is InChI=1S/C35H38N4O/c1-22-27(18-25-6-12-31(37)13-7-25)19-28(34-23(2)39-40-24(34)3)20-33(22)38-32-14-10-30(11-15-32)35(16-17-35)29-8-4-26(21-36)5-9-29/h4-5,8-11,14-15,19-20,25,31,38H,6-7,12-13,16-18,37H2,1-3H3. The van der Waals surface area contributed by atoms with E-state index in [-0.39, 0.29) is 5.41 Å². The fraction of sp³-hybridized carbons (Fsp3) is 0.371. The molecule has 0 bridgehead atoms. The second-order valence-electron chi connectivity index (χ2n) is 12.0. The number of nitrogens with one attached hydrogen (secondary N) is 1. The zero-order chi connectivity index (χ0) is 27.9. The Balaban J connectivity index is 1.29. The van der Waals surface area contributed by atoms with E-state index >= 15 is 0 Å². The van der Waals surface area contributed by atoms with Crippen LogP contribution in [0, 0.1) is 38.0 Å². The monoisotopic (exact) mass is 530 g/mol. The summed E-state index contributed by atoms with van der Waals surface area (Å²) in [5.41, 5.74) is 17.7. The Bertz CT molecular complexity index is 1530. The lowest BCUT2D eigenvalue weighted by Crippen LogP contribution is -2.27. The zero-order valence-corrected chi connectivity index (χ0v) is 23.8. The van der Waals surface area contributed by atoms with Crippen molar-refractivity contribution in [2.75, 3.05) is 5.32 Å². The van der Waals surface area contributed by atoms with E-state index in [0.717, 1.165) is 66.1 Å². The van der Waals surface area contributed by atoms with Gasteiger partial charge in [0.1, 0.15) is 5.76 Å². The highest BCUT2D eigenvalue weighted by molar-refractivity contribution is 5.77. The summed E-state index contributed by atoms with van der Waals surface area (Å²) in [5, 5.41) is 17.1. The lowest BCUT2D eigenvalue weighted by molar-refractivity contribution is 0.324. The topological polar surface area (TPSA) is 87.9 Å². The Morgan fingerprint density at radius 1 is 0.950 bits per heavy atom. The van der Waals surface area contributed by atoms with E-state index in [4.69, 9.17) is 10.3 Å². The fourth-order valence-electron chi connectivity index (χ4n) is 6.62. The van der Waals surface area contributed by atoms with Gasteiger partial charge in [-0.25, -0.2) is 0 Å². The SMILES string of the molecule is Cc1noc(C)c1-c1cc(CC2CCC(N)CC2)c(C)c(Nc2ccc(C3(c4ccc(C#N)cc4)CC3)cc2)c1. The van der Waals surface area contributed by atoms with Gasteiger partial charge in [0.05, 0.1) is 17.3 Å². The van der Waals surface area contributed by atoms with E-state index in [9.17, 15) is 5.26 Å². The van der Waals surface area contributed by atoms with Gasteiger partial charge in [-0.15, -0.1) is 0 Å². The van der Waals surface area contributed by atoms with Gasteiger partial charge in [-0.3, -0.25) is 0 Å². The number of rotatable bonds is 7. The van der Waals surface area contributed by atoms with E-state index in [0.29, 0.717) is 17.5 Å². The van der Waals surface area contributed by atoms with Crippen molar-refractivity contribution in [3.63, 3.8) is 0 Å². The van der Waals surface area contributed by atoms with Gasteiger partial charge in [-0.1, -0.05) is 35.5 Å². The van der Waals surface area contributed by atoms with Gasteiger partial charge in [0.15, 0.2) is 0 Å². The predicted octanol–water partition coefficient (Wildman–Crippen LogP) is 8.02. The lowest BCUT2D eigenvalue weighted by Gasteiger charge is -2.27. The van der Waals surface area contributed by atoms with Crippen molar-refractivity contribution in [3.05, 3.63) is 99.9 Å². The van der Waals surface area contributed by atoms with Crippen molar-refractivity contribution < 1.29 is 4.52 Å². The molecule has 204 valence electrons. The van der Waals surface area contributed by atoms with Gasteiger partial charge in [-0.05, 0) is 130 Å². The third-order valence-electron chi connectivity index (χ3n) is 9.27. The maximum Gasteiger partial charge on any atom is 0.141 e. The molecule has 2 fully saturated rings. The molecule has 3 aromatic carbocycles. The molecule has 2 aliphatic carbocycles. The molecule has 0 amide bonds. The van der Waals surface area contributed by atoms with Crippen molar-refractivity contribution in [3.8, 4) is 17.2 Å². The van der Waals surface area contributed by atoms with Crippen LogP contribution in [-0.4, -0.2) is 11.2 Å². The Morgan fingerprint density at radius 3 is 2.17 bits per heavy atom. The average molecular weight is 531 g/mol. The molecule has 0 aliphatic heterocycles. The Morgan fingerprint density at radius 2 is 1.60 bits per heavy atom. The molecule has 1 aromatic heterocycles. The van der Waals surface area contributed by atoms with Crippen LogP contribution in [0.15, 0.2) is 65.2 Å². The molecule has 6 rings (SSSR count). The van der Waals surface area contributed by atoms with Crippen LogP contribution in [0.2, 0.25) is 0 Å². The third-order valence-corrected chi connectivity index (χ3v) is 9.27. The number of nitriles is 1. The molecule has 2 saturated carbocycles. The van der Waals surface area contributed by atoms with Crippen molar-refractivity contribution in [1.82, 2.24) is 5.16 Å². The molecule has 3 N–H and O–H groups in total. The van der Waals surface area contributed by atoms with Gasteiger partial charge >= 0.3 is 0 Å². The molecule has 1 heterocycles. The van der Waals surface area contributed by atoms with Gasteiger partial charge in [-0.2, -0.15) is 5.26 Å². The Hall–Kier alpha value is -3.88. The van der Waals surface area contributed by atoms with E-state index in [1.165, 1.54) is 35.1 Å². The first-order valence-electron chi connectivity index (χ1n) is 14.6. The van der Waals surface area contributed by atoms with Crippen LogP contribution >= 0.6 is 0 Å². The normalized spacial score (nSPS) is 19.7. The summed E-state index contributed by atoms with van der Waals surface area (Å²) in [7, 11) is 0. The maximum atomic E-state index is 9.17. The number of hydrogen-bond donors (Lipinski definition) is 2. The molecule has 5 nitrogen and oxygen atoms in total. The number of benzene rings is 3. The molecule has 5 heteroatoms. The summed E-state index contributed by atoms with van der Waals surface area (Å²) < 4.78 is 5.54. The van der Waals surface area contributed by atoms with Crippen molar-refractivity contribution >= 4 is 11.4 Å². The summed E-state index contributed by atoms with van der Waals surface area (Å²) in [5.74, 6) is 1.52. The van der Waals surface area contributed by atoms with Crippen molar-refractivity contribution in [2.24, 2.45) is 11.7 Å². The lowest BCUT2D eigenvalue weighted by atomic mass is 9.81. The quantitative estimate of drug-likeness (QED) is 0.253. The smallest absolute Gasteiger partial charge is 0.141 e. The largest absolute Gasteiger partial charge is 0.361 e. The Labute approximate surface area is 237 Å². The highest BCUT2D eigenvalue weighted by Crippen LogP contribution is 2.53. The summed E-state index contributed by atoms with van der Waals surface area (Å²) in [6.07, 6.45) is 7.97. The molecular weight excluding hydrogens is 492 g/mol. The third kappa shape index (κ3) is 5.05. The first-order chi connectivity index (χ1) is 19.4. The minimum absolute atomic E-state index is 0.0708. The minimum Gasteiger partial charge on any atom is -0.361 e. The van der Waals surface area contributed by atoms with Crippen LogP contribution < -0.4 is 11.1 Å². The summed E-state index contributed by atoms with van der Waals surface area (Å²) in [6, 6.07) is 24.2. The number of nitrogens with zero attached hydrogens (tertiary/aromatic N) is 2. The second-order valence-corrected chi connectivity index (χ2v) is 12.0. The van der Waals surface area contributed by atoms with Gasteiger partial charge in [0.25, 0.3) is 0 Å². The first-order valence-corrected chi connectivity index (χ1v) is 14.6. The number of anilines is 2. The second kappa shape index (κ2) is 10.6. The molecule has 2 aliphatic rings. The van der Waals surface area contributed by atoms with E-state index < -0.39 is 0 Å².